The van der Waals surface area contributed by atoms with E-state index in [1.165, 1.54) is 0 Å². The number of sulfonamides is 1. The molecule has 2 aliphatic rings. The van der Waals surface area contributed by atoms with Gasteiger partial charge in [-0.15, -0.1) is 0 Å². The molecule has 1 saturated heterocycles. The van der Waals surface area contributed by atoms with Crippen LogP contribution >= 0.6 is 0 Å². The SMILES string of the molecule is CS(=O)(=O)N1CC2(CCC2(F)F)C1. The molecule has 13 heavy (non-hydrogen) atoms. The summed E-state index contributed by atoms with van der Waals surface area (Å²) in [7, 11) is -3.26. The van der Waals surface area contributed by atoms with Gasteiger partial charge >= 0.3 is 0 Å². The molecule has 0 aromatic rings. The first-order valence-electron chi connectivity index (χ1n) is 4.10. The minimum atomic E-state index is -3.26. The van der Waals surface area contributed by atoms with Crippen LogP contribution in [0.4, 0.5) is 8.78 Å². The average Bonchev–Trinajstić information content (AvgIpc) is 1.78. The van der Waals surface area contributed by atoms with Crippen molar-refractivity contribution in [2.24, 2.45) is 5.41 Å². The van der Waals surface area contributed by atoms with Crippen molar-refractivity contribution in [3.63, 3.8) is 0 Å². The molecule has 1 aliphatic carbocycles. The monoisotopic (exact) mass is 211 g/mol. The Morgan fingerprint density at radius 1 is 1.23 bits per heavy atom. The number of hydrogen-bond acceptors (Lipinski definition) is 2. The lowest BCUT2D eigenvalue weighted by molar-refractivity contribution is -0.242. The summed E-state index contributed by atoms with van der Waals surface area (Å²) >= 11 is 0. The first-order chi connectivity index (χ1) is 5.77. The van der Waals surface area contributed by atoms with Crippen molar-refractivity contribution < 1.29 is 17.2 Å². The Hall–Kier alpha value is -0.230. The van der Waals surface area contributed by atoms with Crippen molar-refractivity contribution in [1.29, 1.82) is 0 Å². The largest absolute Gasteiger partial charge is 0.256 e. The highest BCUT2D eigenvalue weighted by Gasteiger charge is 2.68. The van der Waals surface area contributed by atoms with Gasteiger partial charge in [0.05, 0.1) is 11.7 Å². The van der Waals surface area contributed by atoms with Gasteiger partial charge in [0.25, 0.3) is 5.92 Å². The molecule has 0 aromatic carbocycles. The smallest absolute Gasteiger partial charge is 0.213 e. The van der Waals surface area contributed by atoms with Crippen LogP contribution in [0, 0.1) is 5.41 Å². The summed E-state index contributed by atoms with van der Waals surface area (Å²) in [6, 6.07) is 0. The van der Waals surface area contributed by atoms with E-state index in [1.54, 1.807) is 0 Å². The van der Waals surface area contributed by atoms with E-state index in [0.717, 1.165) is 10.6 Å². The lowest BCUT2D eigenvalue weighted by Gasteiger charge is -2.58. The number of alkyl halides is 2. The van der Waals surface area contributed by atoms with Crippen LogP contribution in [0.5, 0.6) is 0 Å². The van der Waals surface area contributed by atoms with Crippen molar-refractivity contribution in [2.45, 2.75) is 18.8 Å². The predicted octanol–water partition coefficient (Wildman–Crippen LogP) is 0.677. The second-order valence-corrected chi connectivity index (χ2v) is 6.00. The van der Waals surface area contributed by atoms with E-state index in [0.29, 0.717) is 6.42 Å². The van der Waals surface area contributed by atoms with E-state index in [4.69, 9.17) is 0 Å². The van der Waals surface area contributed by atoms with Gasteiger partial charge in [-0.1, -0.05) is 0 Å². The van der Waals surface area contributed by atoms with Gasteiger partial charge in [-0.25, -0.2) is 21.5 Å². The van der Waals surface area contributed by atoms with Gasteiger partial charge < -0.3 is 0 Å². The number of hydrogen-bond donors (Lipinski definition) is 0. The molecule has 0 aromatic heterocycles. The fourth-order valence-corrected chi connectivity index (χ4v) is 2.88. The normalized spacial score (nSPS) is 31.0. The second-order valence-electron chi connectivity index (χ2n) is 4.02. The molecule has 2 fully saturated rings. The molecular formula is C7H11F2NO2S. The van der Waals surface area contributed by atoms with E-state index in [-0.39, 0.29) is 19.5 Å². The van der Waals surface area contributed by atoms with Gasteiger partial charge in [0.1, 0.15) is 0 Å². The molecule has 0 amide bonds. The Balaban J connectivity index is 2.06. The summed E-state index contributed by atoms with van der Waals surface area (Å²) in [5.41, 5.74) is -1.02. The Bertz CT molecular complexity index is 332. The Kier molecular flexibility index (Phi) is 1.60. The van der Waals surface area contributed by atoms with E-state index < -0.39 is 21.4 Å². The molecule has 0 atom stereocenters. The van der Waals surface area contributed by atoms with Gasteiger partial charge in [0.15, 0.2) is 0 Å². The van der Waals surface area contributed by atoms with Crippen LogP contribution in [0.2, 0.25) is 0 Å². The summed E-state index contributed by atoms with van der Waals surface area (Å²) < 4.78 is 48.9. The summed E-state index contributed by atoms with van der Waals surface area (Å²) in [6.45, 7) is -0.00231. The zero-order valence-corrected chi connectivity index (χ0v) is 8.07. The van der Waals surface area contributed by atoms with Crippen molar-refractivity contribution >= 4 is 10.0 Å². The molecule has 0 radical (unpaired) electrons. The summed E-state index contributed by atoms with van der Waals surface area (Å²) in [6.07, 6.45) is 1.41. The van der Waals surface area contributed by atoms with Crippen LogP contribution in [0.1, 0.15) is 12.8 Å². The quantitative estimate of drug-likeness (QED) is 0.639. The van der Waals surface area contributed by atoms with E-state index >= 15 is 0 Å². The van der Waals surface area contributed by atoms with Crippen LogP contribution in [-0.4, -0.2) is 38.0 Å². The van der Waals surface area contributed by atoms with Crippen molar-refractivity contribution in [2.75, 3.05) is 19.3 Å². The standard InChI is InChI=1S/C7H11F2NO2S/c1-13(11,12)10-4-6(5-10)2-3-7(6,8)9/h2-5H2,1H3. The van der Waals surface area contributed by atoms with Gasteiger partial charge in [-0.05, 0) is 6.42 Å². The maximum atomic E-state index is 13.0. The minimum Gasteiger partial charge on any atom is -0.213 e. The molecule has 0 unspecified atom stereocenters. The minimum absolute atomic E-state index is 0.00116. The molecule has 0 bridgehead atoms. The highest BCUT2D eigenvalue weighted by molar-refractivity contribution is 7.88. The van der Waals surface area contributed by atoms with Crippen LogP contribution in [0.25, 0.3) is 0 Å². The average molecular weight is 211 g/mol. The molecule has 1 heterocycles. The van der Waals surface area contributed by atoms with E-state index in [9.17, 15) is 17.2 Å². The summed E-state index contributed by atoms with van der Waals surface area (Å²) in [5.74, 6) is -2.64. The van der Waals surface area contributed by atoms with E-state index in [1.807, 2.05) is 0 Å². The van der Waals surface area contributed by atoms with E-state index in [2.05, 4.69) is 0 Å². The van der Waals surface area contributed by atoms with Gasteiger partial charge in [0.2, 0.25) is 10.0 Å². The third-order valence-electron chi connectivity index (χ3n) is 3.12. The van der Waals surface area contributed by atoms with Crippen LogP contribution in [0.15, 0.2) is 0 Å². The first kappa shape index (κ1) is 9.33. The molecule has 3 nitrogen and oxygen atoms in total. The van der Waals surface area contributed by atoms with Crippen molar-refractivity contribution in [3.05, 3.63) is 0 Å². The number of rotatable bonds is 1. The second kappa shape index (κ2) is 2.23. The van der Waals surface area contributed by atoms with Gasteiger partial charge in [0, 0.05) is 19.5 Å². The summed E-state index contributed by atoms with van der Waals surface area (Å²) in [4.78, 5) is 0. The number of halogens is 2. The van der Waals surface area contributed by atoms with Gasteiger partial charge in [-0.3, -0.25) is 0 Å². The predicted molar refractivity (Wildman–Crippen MR) is 43.0 cm³/mol. The molecule has 1 spiro atoms. The lowest BCUT2D eigenvalue weighted by Crippen LogP contribution is -2.70. The molecule has 0 N–H and O–H groups in total. The highest BCUT2D eigenvalue weighted by Crippen LogP contribution is 2.59. The number of nitrogens with zero attached hydrogens (tertiary/aromatic N) is 1. The fraction of sp³-hybridized carbons (Fsp3) is 1.00. The molecular weight excluding hydrogens is 200 g/mol. The Labute approximate surface area is 75.8 Å². The Morgan fingerprint density at radius 3 is 2.00 bits per heavy atom. The highest BCUT2D eigenvalue weighted by atomic mass is 32.2. The molecule has 6 heteroatoms. The zero-order valence-electron chi connectivity index (χ0n) is 7.26. The third kappa shape index (κ3) is 1.11. The van der Waals surface area contributed by atoms with Crippen molar-refractivity contribution in [1.82, 2.24) is 4.31 Å². The zero-order chi connectivity index (χ0) is 9.91. The van der Waals surface area contributed by atoms with Crippen LogP contribution in [0.3, 0.4) is 0 Å². The molecule has 76 valence electrons. The molecule has 1 aliphatic heterocycles. The molecule has 1 saturated carbocycles. The first-order valence-corrected chi connectivity index (χ1v) is 5.95. The topological polar surface area (TPSA) is 37.4 Å². The third-order valence-corrected chi connectivity index (χ3v) is 4.32. The maximum Gasteiger partial charge on any atom is 0.256 e. The fourth-order valence-electron chi connectivity index (χ4n) is 1.92. The lowest BCUT2D eigenvalue weighted by atomic mass is 9.61. The van der Waals surface area contributed by atoms with Crippen molar-refractivity contribution in [3.8, 4) is 0 Å². The van der Waals surface area contributed by atoms with Crippen LogP contribution < -0.4 is 0 Å². The Morgan fingerprint density at radius 2 is 1.77 bits per heavy atom. The maximum absolute atomic E-state index is 13.0. The molecule has 2 rings (SSSR count). The van der Waals surface area contributed by atoms with Gasteiger partial charge in [-0.2, -0.15) is 0 Å². The van der Waals surface area contributed by atoms with Crippen LogP contribution in [-0.2, 0) is 10.0 Å². The summed E-state index contributed by atoms with van der Waals surface area (Å²) in [5, 5.41) is 0.